The largest absolute Gasteiger partial charge is 0.478 e. The van der Waals surface area contributed by atoms with Crippen molar-refractivity contribution in [1.82, 2.24) is 5.16 Å². The third-order valence-corrected chi connectivity index (χ3v) is 3.46. The quantitative estimate of drug-likeness (QED) is 0.861. The first kappa shape index (κ1) is 12.1. The molecular weight excluding hydrogens is 260 g/mol. The van der Waals surface area contributed by atoms with Crippen LogP contribution in [0.15, 0.2) is 46.0 Å². The van der Waals surface area contributed by atoms with E-state index in [4.69, 9.17) is 5.11 Å². The number of rotatable bonds is 4. The zero-order chi connectivity index (χ0) is 13.2. The smallest absolute Gasteiger partial charge is 0.335 e. The number of aromatic carboxylic acids is 1. The highest BCUT2D eigenvalue weighted by Crippen LogP contribution is 2.15. The number of carbonyl (C=O) groups is 1. The average molecular weight is 268 g/mol. The molecule has 0 saturated heterocycles. The van der Waals surface area contributed by atoms with Gasteiger partial charge in [0.2, 0.25) is 0 Å². The van der Waals surface area contributed by atoms with Crippen LogP contribution in [-0.2, 0) is 10.0 Å². The van der Waals surface area contributed by atoms with Crippen LogP contribution < -0.4 is 4.72 Å². The molecule has 0 aliphatic carbocycles. The maximum Gasteiger partial charge on any atom is 0.335 e. The van der Waals surface area contributed by atoms with Crippen molar-refractivity contribution in [3.05, 3.63) is 42.2 Å². The molecule has 0 atom stereocenters. The lowest BCUT2D eigenvalue weighted by atomic mass is 10.2. The van der Waals surface area contributed by atoms with Crippen molar-refractivity contribution >= 4 is 21.8 Å². The lowest BCUT2D eigenvalue weighted by Crippen LogP contribution is -2.13. The number of sulfonamides is 1. The molecule has 2 N–H and O–H groups in total. The minimum atomic E-state index is -3.79. The molecule has 0 unspecified atom stereocenters. The van der Waals surface area contributed by atoms with Gasteiger partial charge in [-0.2, -0.15) is 0 Å². The van der Waals surface area contributed by atoms with E-state index in [0.29, 0.717) is 0 Å². The number of carboxylic acids is 1. The SMILES string of the molecule is O=C(O)c1ccc(S(=O)(=O)Nc2ccon2)cc1. The highest BCUT2D eigenvalue weighted by molar-refractivity contribution is 7.92. The van der Waals surface area contributed by atoms with Gasteiger partial charge in [0.1, 0.15) is 6.26 Å². The number of anilines is 1. The van der Waals surface area contributed by atoms with Crippen LogP contribution in [0.4, 0.5) is 5.82 Å². The Morgan fingerprint density at radius 3 is 2.39 bits per heavy atom. The molecule has 0 aliphatic rings. The molecule has 2 aromatic rings. The summed E-state index contributed by atoms with van der Waals surface area (Å²) in [5.74, 6) is -1.07. The minimum absolute atomic E-state index is 0.00962. The molecule has 7 nitrogen and oxygen atoms in total. The molecule has 94 valence electrons. The molecular formula is C10H8N2O5S. The van der Waals surface area contributed by atoms with Crippen molar-refractivity contribution in [2.75, 3.05) is 4.72 Å². The summed E-state index contributed by atoms with van der Waals surface area (Å²) in [6, 6.07) is 6.17. The lowest BCUT2D eigenvalue weighted by molar-refractivity contribution is 0.0697. The van der Waals surface area contributed by atoms with E-state index in [1.165, 1.54) is 36.6 Å². The number of hydrogen-bond acceptors (Lipinski definition) is 5. The van der Waals surface area contributed by atoms with E-state index >= 15 is 0 Å². The van der Waals surface area contributed by atoms with E-state index in [0.717, 1.165) is 0 Å². The van der Waals surface area contributed by atoms with Crippen LogP contribution in [0, 0.1) is 0 Å². The second kappa shape index (κ2) is 4.49. The second-order valence-electron chi connectivity index (χ2n) is 3.32. The maximum atomic E-state index is 11.8. The maximum absolute atomic E-state index is 11.8. The van der Waals surface area contributed by atoms with Gasteiger partial charge in [0.15, 0.2) is 5.82 Å². The molecule has 0 amide bonds. The predicted octanol–water partition coefficient (Wildman–Crippen LogP) is 1.17. The molecule has 1 heterocycles. The molecule has 2 rings (SSSR count). The molecule has 0 radical (unpaired) electrons. The number of carboxylic acid groups (broad SMARTS) is 1. The Morgan fingerprint density at radius 2 is 1.89 bits per heavy atom. The number of nitrogens with one attached hydrogen (secondary N) is 1. The normalized spacial score (nSPS) is 11.1. The van der Waals surface area contributed by atoms with Crippen molar-refractivity contribution in [2.45, 2.75) is 4.90 Å². The third kappa shape index (κ3) is 2.48. The van der Waals surface area contributed by atoms with E-state index in [1.807, 2.05) is 0 Å². The lowest BCUT2D eigenvalue weighted by Gasteiger charge is -2.04. The van der Waals surface area contributed by atoms with Crippen molar-refractivity contribution in [3.63, 3.8) is 0 Å². The number of benzene rings is 1. The van der Waals surface area contributed by atoms with Crippen molar-refractivity contribution in [2.24, 2.45) is 0 Å². The van der Waals surface area contributed by atoms with Crippen molar-refractivity contribution in [3.8, 4) is 0 Å². The van der Waals surface area contributed by atoms with Crippen LogP contribution in [-0.4, -0.2) is 24.7 Å². The summed E-state index contributed by atoms with van der Waals surface area (Å²) in [6.07, 6.45) is 1.23. The van der Waals surface area contributed by atoms with Gasteiger partial charge in [0.25, 0.3) is 10.0 Å². The summed E-state index contributed by atoms with van der Waals surface area (Å²) in [5.41, 5.74) is 0.00962. The van der Waals surface area contributed by atoms with Crippen LogP contribution in [0.5, 0.6) is 0 Å². The molecule has 1 aromatic heterocycles. The Balaban J connectivity index is 2.27. The highest BCUT2D eigenvalue weighted by Gasteiger charge is 2.16. The third-order valence-electron chi connectivity index (χ3n) is 2.09. The van der Waals surface area contributed by atoms with Gasteiger partial charge in [0, 0.05) is 6.07 Å². The molecule has 0 bridgehead atoms. The fraction of sp³-hybridized carbons (Fsp3) is 0. The van der Waals surface area contributed by atoms with E-state index in [2.05, 4.69) is 14.4 Å². The Bertz CT molecular complexity index is 646. The van der Waals surface area contributed by atoms with Crippen LogP contribution in [0.25, 0.3) is 0 Å². The first-order valence-electron chi connectivity index (χ1n) is 4.75. The van der Waals surface area contributed by atoms with Crippen LogP contribution >= 0.6 is 0 Å². The van der Waals surface area contributed by atoms with Gasteiger partial charge in [-0.25, -0.2) is 13.2 Å². The molecule has 18 heavy (non-hydrogen) atoms. The van der Waals surface area contributed by atoms with E-state index in [9.17, 15) is 13.2 Å². The van der Waals surface area contributed by atoms with Crippen LogP contribution in [0.3, 0.4) is 0 Å². The molecule has 0 saturated carbocycles. The Kier molecular flexibility index (Phi) is 3.02. The molecule has 1 aromatic carbocycles. The average Bonchev–Trinajstić information content (AvgIpc) is 2.81. The van der Waals surface area contributed by atoms with Gasteiger partial charge in [-0.15, -0.1) is 0 Å². The molecule has 8 heteroatoms. The van der Waals surface area contributed by atoms with Gasteiger partial charge in [0.05, 0.1) is 10.5 Å². The Hall–Kier alpha value is -2.35. The van der Waals surface area contributed by atoms with Gasteiger partial charge in [-0.05, 0) is 24.3 Å². The van der Waals surface area contributed by atoms with E-state index < -0.39 is 16.0 Å². The standard InChI is InChI=1S/C10H8N2O5S/c13-10(14)7-1-3-8(4-2-7)18(15,16)12-9-5-6-17-11-9/h1-6H,(H,11,12)(H,13,14). The predicted molar refractivity (Wildman–Crippen MR) is 60.7 cm³/mol. The van der Waals surface area contributed by atoms with Gasteiger partial charge in [-0.1, -0.05) is 5.16 Å². The van der Waals surface area contributed by atoms with E-state index in [1.54, 1.807) is 0 Å². The summed E-state index contributed by atoms with van der Waals surface area (Å²) >= 11 is 0. The summed E-state index contributed by atoms with van der Waals surface area (Å²) < 4.78 is 30.4. The van der Waals surface area contributed by atoms with Gasteiger partial charge in [-0.3, -0.25) is 4.72 Å². The first-order chi connectivity index (χ1) is 8.49. The monoisotopic (exact) mass is 268 g/mol. The van der Waals surface area contributed by atoms with E-state index in [-0.39, 0.29) is 16.3 Å². The zero-order valence-electron chi connectivity index (χ0n) is 8.90. The highest BCUT2D eigenvalue weighted by atomic mass is 32.2. The minimum Gasteiger partial charge on any atom is -0.478 e. The van der Waals surface area contributed by atoms with Crippen LogP contribution in [0.2, 0.25) is 0 Å². The number of nitrogens with zero attached hydrogens (tertiary/aromatic N) is 1. The molecule has 0 aliphatic heterocycles. The summed E-state index contributed by atoms with van der Waals surface area (Å²) in [7, 11) is -3.79. The zero-order valence-corrected chi connectivity index (χ0v) is 9.72. The number of hydrogen-bond donors (Lipinski definition) is 2. The number of aromatic nitrogens is 1. The molecule has 0 spiro atoms. The van der Waals surface area contributed by atoms with Gasteiger partial charge >= 0.3 is 5.97 Å². The second-order valence-corrected chi connectivity index (χ2v) is 5.00. The summed E-state index contributed by atoms with van der Waals surface area (Å²) in [6.45, 7) is 0. The van der Waals surface area contributed by atoms with Crippen molar-refractivity contribution in [1.29, 1.82) is 0 Å². The fourth-order valence-corrected chi connectivity index (χ4v) is 2.23. The molecule has 0 fully saturated rings. The van der Waals surface area contributed by atoms with Crippen LogP contribution in [0.1, 0.15) is 10.4 Å². The van der Waals surface area contributed by atoms with Crippen molar-refractivity contribution < 1.29 is 22.8 Å². The topological polar surface area (TPSA) is 110 Å². The Morgan fingerprint density at radius 1 is 1.22 bits per heavy atom. The summed E-state index contributed by atoms with van der Waals surface area (Å²) in [5, 5.41) is 12.1. The summed E-state index contributed by atoms with van der Waals surface area (Å²) in [4.78, 5) is 10.6. The Labute approximate surface area is 102 Å². The first-order valence-corrected chi connectivity index (χ1v) is 6.24. The fourth-order valence-electron chi connectivity index (χ4n) is 1.24. The van der Waals surface area contributed by atoms with Gasteiger partial charge < -0.3 is 9.63 Å².